The van der Waals surface area contributed by atoms with Gasteiger partial charge in [-0.3, -0.25) is 25.3 Å². The quantitative estimate of drug-likeness (QED) is 0.149. The molecule has 1 fully saturated rings. The lowest BCUT2D eigenvalue weighted by molar-refractivity contribution is -0.128. The molecule has 2 aliphatic rings. The molecule has 2 aliphatic heterocycles. The summed E-state index contributed by atoms with van der Waals surface area (Å²) in [4.78, 5) is 24.5. The zero-order chi connectivity index (χ0) is 23.7. The first-order valence-electron chi connectivity index (χ1n) is 9.28. The molecule has 4 N–H and O–H groups in total. The summed E-state index contributed by atoms with van der Waals surface area (Å²) in [6, 6.07) is -0.579. The number of ether oxygens (including phenoxy) is 2. The lowest BCUT2D eigenvalue weighted by atomic mass is 10.3. The van der Waals surface area contributed by atoms with Crippen molar-refractivity contribution in [3.63, 3.8) is 0 Å². The molecule has 2 rings (SSSR count). The third-order valence-corrected chi connectivity index (χ3v) is 6.70. The third kappa shape index (κ3) is 8.70. The van der Waals surface area contributed by atoms with Gasteiger partial charge in [0.1, 0.15) is 28.8 Å². The van der Waals surface area contributed by atoms with E-state index in [1.807, 2.05) is 0 Å². The van der Waals surface area contributed by atoms with E-state index in [1.165, 1.54) is 17.1 Å². The number of nitrogens with one attached hydrogen (secondary N) is 3. The Morgan fingerprint density at radius 1 is 1.53 bits per heavy atom. The zero-order valence-corrected chi connectivity index (χ0v) is 19.7. The van der Waals surface area contributed by atoms with Crippen molar-refractivity contribution < 1.29 is 32.7 Å². The van der Waals surface area contributed by atoms with Gasteiger partial charge in [-0.1, -0.05) is 24.8 Å². The number of hydrogen-bond acceptors (Lipinski definition) is 9. The number of carbonyl (C=O) groups excluding carboxylic acids is 2. The number of amides is 2. The maximum absolute atomic E-state index is 13.3. The van der Waals surface area contributed by atoms with Gasteiger partial charge in [0, 0.05) is 39.5 Å². The van der Waals surface area contributed by atoms with E-state index in [2.05, 4.69) is 29.0 Å². The second-order valence-corrected chi connectivity index (χ2v) is 9.93. The van der Waals surface area contributed by atoms with Crippen LogP contribution in [-0.4, -0.2) is 72.7 Å². The highest BCUT2D eigenvalue weighted by Gasteiger charge is 2.31. The van der Waals surface area contributed by atoms with E-state index in [9.17, 15) is 19.1 Å². The fourth-order valence-corrected chi connectivity index (χ4v) is 4.73. The molecule has 178 valence electrons. The molecule has 10 nitrogen and oxygen atoms in total. The monoisotopic (exact) mass is 510 g/mol. The highest BCUT2D eigenvalue weighted by molar-refractivity contribution is 7.95. The Hall–Kier alpha value is -1.66. The van der Waals surface area contributed by atoms with E-state index in [0.29, 0.717) is 6.61 Å². The first kappa shape index (κ1) is 26.6. The molecule has 32 heavy (non-hydrogen) atoms. The number of halogens is 2. The van der Waals surface area contributed by atoms with Gasteiger partial charge in [-0.25, -0.2) is 4.39 Å². The van der Waals surface area contributed by atoms with Crippen LogP contribution in [0.15, 0.2) is 47.9 Å². The van der Waals surface area contributed by atoms with Crippen LogP contribution >= 0.6 is 31.7 Å². The Morgan fingerprint density at radius 3 is 2.94 bits per heavy atom. The number of nitrogens with zero attached hydrogens (tertiary/aromatic N) is 1. The fourth-order valence-electron chi connectivity index (χ4n) is 2.45. The molecule has 4 atom stereocenters. The third-order valence-electron chi connectivity index (χ3n) is 3.97. The van der Waals surface area contributed by atoms with Gasteiger partial charge in [0.2, 0.25) is 0 Å². The number of aliphatic hydroxyl groups is 1. The summed E-state index contributed by atoms with van der Waals surface area (Å²) in [6.07, 6.45) is 2.47. The van der Waals surface area contributed by atoms with Crippen molar-refractivity contribution in [3.8, 4) is 0 Å². The summed E-state index contributed by atoms with van der Waals surface area (Å²) in [5, 5.41) is 17.0. The maximum Gasteiger partial charge on any atom is 0.261 e. The zero-order valence-electron chi connectivity index (χ0n) is 17.3. The van der Waals surface area contributed by atoms with Crippen molar-refractivity contribution in [1.29, 1.82) is 0 Å². The Bertz CT molecular complexity index is 787. The highest BCUT2D eigenvalue weighted by atomic mass is 35.5. The molecule has 1 saturated heterocycles. The van der Waals surface area contributed by atoms with E-state index in [1.54, 1.807) is 19.1 Å². The molecule has 0 aromatic heterocycles. The van der Waals surface area contributed by atoms with Gasteiger partial charge < -0.3 is 23.9 Å². The fraction of sp³-hybridized carbons (Fsp3) is 0.444. The van der Waals surface area contributed by atoms with E-state index in [-0.39, 0.29) is 35.2 Å². The molecule has 0 bridgehead atoms. The van der Waals surface area contributed by atoms with E-state index >= 15 is 0 Å². The number of methoxy groups -OCH3 is 1. The Kier molecular flexibility index (Phi) is 10.9. The minimum Gasteiger partial charge on any atom is -0.484 e. The van der Waals surface area contributed by atoms with Crippen molar-refractivity contribution in [2.45, 2.75) is 17.3 Å². The normalized spacial score (nSPS) is 25.8. The van der Waals surface area contributed by atoms with Crippen LogP contribution in [0, 0.1) is 0 Å². The van der Waals surface area contributed by atoms with Crippen LogP contribution in [0.1, 0.15) is 0 Å². The van der Waals surface area contributed by atoms with Crippen LogP contribution in [0.3, 0.4) is 0 Å². The molecule has 14 heteroatoms. The second kappa shape index (κ2) is 13.1. The summed E-state index contributed by atoms with van der Waals surface area (Å²) in [6.45, 7) is 6.88. The smallest absolute Gasteiger partial charge is 0.261 e. The van der Waals surface area contributed by atoms with E-state index in [0.717, 1.165) is 6.08 Å². The molecule has 0 radical (unpaired) electrons. The highest BCUT2D eigenvalue weighted by Crippen LogP contribution is 2.40. The van der Waals surface area contributed by atoms with Crippen LogP contribution in [0.5, 0.6) is 0 Å². The standard InChI is InChI=1S/C18H25ClFN4O6PS/c1-11(6-13(20)12(2)19)29-9-15(25)23-31-5-4-24(7-17(31)26)22-18(27)14-8-30-32-16(21-14)10-28-3/h4-6,14,16-17,21,26H,1-2,7-10H2,3H3,(H,22,27)(H,23,25)/b13-6+. The molecule has 4 unspecified atom stereocenters. The second-order valence-electron chi connectivity index (χ2n) is 6.55. The molecule has 2 amide bonds. The number of allylic oxidation sites excluding steroid dienone is 3. The van der Waals surface area contributed by atoms with Gasteiger partial charge in [0.05, 0.1) is 24.8 Å². The van der Waals surface area contributed by atoms with Crippen molar-refractivity contribution in [2.75, 3.05) is 33.5 Å². The lowest BCUT2D eigenvalue weighted by Crippen LogP contribution is -2.57. The molecular weight excluding hydrogens is 486 g/mol. The van der Waals surface area contributed by atoms with Crippen molar-refractivity contribution >= 4 is 43.5 Å². The van der Waals surface area contributed by atoms with Gasteiger partial charge in [-0.15, -0.1) is 0 Å². The molecule has 2 heterocycles. The number of rotatable bonds is 10. The number of hydrazine groups is 1. The average Bonchev–Trinajstić information content (AvgIpc) is 2.74. The molecule has 0 spiro atoms. The van der Waals surface area contributed by atoms with E-state index in [4.69, 9.17) is 25.3 Å². The largest absolute Gasteiger partial charge is 0.484 e. The SMILES string of the molecule is C=C(/C=C(/F)C(=C)Cl)OCC(=O)NP1C=CN(NC(=O)C2COSC(COC)N2)CC1O. The van der Waals surface area contributed by atoms with Crippen LogP contribution < -0.4 is 15.8 Å². The summed E-state index contributed by atoms with van der Waals surface area (Å²) in [5.74, 6) is -1.13. The van der Waals surface area contributed by atoms with Crippen LogP contribution in [0.4, 0.5) is 4.39 Å². The minimum atomic E-state index is -1.42. The molecule has 0 aromatic carbocycles. The summed E-state index contributed by atoms with van der Waals surface area (Å²) < 4.78 is 28.8. The number of aliphatic hydroxyl groups excluding tert-OH is 1. The minimum absolute atomic E-state index is 0.0669. The topological polar surface area (TPSA) is 121 Å². The first-order chi connectivity index (χ1) is 15.2. The van der Waals surface area contributed by atoms with Gasteiger partial charge in [-0.05, 0) is 5.82 Å². The van der Waals surface area contributed by atoms with Gasteiger partial charge >= 0.3 is 0 Å². The van der Waals surface area contributed by atoms with Crippen LogP contribution in [-0.2, 0) is 23.2 Å². The number of hydrogen-bond donors (Lipinski definition) is 4. The Labute approximate surface area is 195 Å². The maximum atomic E-state index is 13.3. The van der Waals surface area contributed by atoms with Crippen LogP contribution in [0.2, 0.25) is 0 Å². The van der Waals surface area contributed by atoms with Gasteiger partial charge in [-0.2, -0.15) is 0 Å². The molecule has 0 aliphatic carbocycles. The number of carbonyl (C=O) groups is 2. The summed E-state index contributed by atoms with van der Waals surface area (Å²) >= 11 is 6.60. The molecular formula is C18H25ClFN4O6PS. The van der Waals surface area contributed by atoms with Crippen molar-refractivity contribution in [2.24, 2.45) is 0 Å². The Balaban J connectivity index is 1.78. The predicted molar refractivity (Wildman–Crippen MR) is 120 cm³/mol. The molecule has 0 aromatic rings. The molecule has 0 saturated carbocycles. The van der Waals surface area contributed by atoms with Crippen molar-refractivity contribution in [3.05, 3.63) is 47.9 Å². The first-order valence-corrected chi connectivity index (χ1v) is 11.9. The predicted octanol–water partition coefficient (Wildman–Crippen LogP) is 1.38. The van der Waals surface area contributed by atoms with Crippen molar-refractivity contribution in [1.82, 2.24) is 20.8 Å². The Morgan fingerprint density at radius 2 is 2.28 bits per heavy atom. The lowest BCUT2D eigenvalue weighted by Gasteiger charge is -2.34. The summed E-state index contributed by atoms with van der Waals surface area (Å²) in [5.41, 5.74) is 2.68. The van der Waals surface area contributed by atoms with Gasteiger partial charge in [0.25, 0.3) is 11.8 Å². The summed E-state index contributed by atoms with van der Waals surface area (Å²) in [7, 11) is 0.136. The van der Waals surface area contributed by atoms with Gasteiger partial charge in [0.15, 0.2) is 6.61 Å². The number of β-amino-alcohol motifs (C(OH)–C–C–N with tert-alkyl or cyclic N) is 1. The van der Waals surface area contributed by atoms with E-state index < -0.39 is 38.3 Å². The average molecular weight is 511 g/mol. The van der Waals surface area contributed by atoms with Crippen LogP contribution in [0.25, 0.3) is 0 Å².